The van der Waals surface area contributed by atoms with Crippen LogP contribution in [0.2, 0.25) is 0 Å². The van der Waals surface area contributed by atoms with Crippen LogP contribution in [0.5, 0.6) is 0 Å². The highest BCUT2D eigenvalue weighted by Crippen LogP contribution is 2.23. The molecule has 0 aliphatic carbocycles. The number of halogens is 1. The first-order valence-electron chi connectivity index (χ1n) is 6.65. The van der Waals surface area contributed by atoms with Crippen LogP contribution in [0.25, 0.3) is 0 Å². The third kappa shape index (κ3) is 4.07. The second kappa shape index (κ2) is 7.26. The highest BCUT2D eigenvalue weighted by molar-refractivity contribution is 9.10. The van der Waals surface area contributed by atoms with E-state index in [2.05, 4.69) is 54.0 Å². The molecule has 0 spiro atoms. The lowest BCUT2D eigenvalue weighted by molar-refractivity contribution is 0.166. The second-order valence-electron chi connectivity index (χ2n) is 4.80. The molecule has 0 fully saturated rings. The summed E-state index contributed by atoms with van der Waals surface area (Å²) in [5, 5.41) is 17.8. The lowest BCUT2D eigenvalue weighted by atomic mass is 10.1. The van der Waals surface area contributed by atoms with Crippen LogP contribution in [0, 0.1) is 0 Å². The molecule has 104 valence electrons. The standard InChI is InChI=1S/C13H24BrN3O/c1-5-11-13(14)12(17(6-2)16-11)7-10(18)8-15-9(3)4/h9-10,15,18H,5-8H2,1-4H3. The average molecular weight is 318 g/mol. The van der Waals surface area contributed by atoms with Crippen LogP contribution in [0.3, 0.4) is 0 Å². The Morgan fingerprint density at radius 2 is 2.06 bits per heavy atom. The van der Waals surface area contributed by atoms with Gasteiger partial charge in [0.05, 0.1) is 22.0 Å². The summed E-state index contributed by atoms with van der Waals surface area (Å²) >= 11 is 3.60. The van der Waals surface area contributed by atoms with Gasteiger partial charge in [0, 0.05) is 25.6 Å². The normalized spacial score (nSPS) is 13.3. The summed E-state index contributed by atoms with van der Waals surface area (Å²) in [6.45, 7) is 9.76. The van der Waals surface area contributed by atoms with Crippen molar-refractivity contribution >= 4 is 15.9 Å². The molecule has 2 N–H and O–H groups in total. The minimum atomic E-state index is -0.379. The summed E-state index contributed by atoms with van der Waals surface area (Å²) in [7, 11) is 0. The number of aryl methyl sites for hydroxylation is 2. The zero-order valence-electron chi connectivity index (χ0n) is 11.7. The van der Waals surface area contributed by atoms with Gasteiger partial charge in [-0.25, -0.2) is 0 Å². The molecule has 1 aromatic rings. The summed E-state index contributed by atoms with van der Waals surface area (Å²) in [5.74, 6) is 0. The van der Waals surface area contributed by atoms with Crippen molar-refractivity contribution in [2.75, 3.05) is 6.54 Å². The number of hydrogen-bond acceptors (Lipinski definition) is 3. The average Bonchev–Trinajstić information content (AvgIpc) is 2.63. The Kier molecular flexibility index (Phi) is 6.32. The Morgan fingerprint density at radius 1 is 1.39 bits per heavy atom. The second-order valence-corrected chi connectivity index (χ2v) is 5.59. The van der Waals surface area contributed by atoms with E-state index >= 15 is 0 Å². The molecule has 0 saturated carbocycles. The topological polar surface area (TPSA) is 50.1 Å². The molecular formula is C13H24BrN3O. The third-order valence-corrected chi connectivity index (χ3v) is 3.80. The number of nitrogens with zero attached hydrogens (tertiary/aromatic N) is 2. The number of nitrogens with one attached hydrogen (secondary N) is 1. The van der Waals surface area contributed by atoms with Gasteiger partial charge >= 0.3 is 0 Å². The Morgan fingerprint density at radius 3 is 2.56 bits per heavy atom. The van der Waals surface area contributed by atoms with Gasteiger partial charge in [-0.05, 0) is 29.3 Å². The molecular weight excluding hydrogens is 294 g/mol. The van der Waals surface area contributed by atoms with Crippen LogP contribution >= 0.6 is 15.9 Å². The molecule has 0 aliphatic heterocycles. The first kappa shape index (κ1) is 15.7. The summed E-state index contributed by atoms with van der Waals surface area (Å²) in [4.78, 5) is 0. The zero-order valence-corrected chi connectivity index (χ0v) is 13.3. The van der Waals surface area contributed by atoms with E-state index in [1.807, 2.05) is 4.68 Å². The van der Waals surface area contributed by atoms with E-state index in [1.54, 1.807) is 0 Å². The number of aliphatic hydroxyl groups is 1. The van der Waals surface area contributed by atoms with Crippen LogP contribution < -0.4 is 5.32 Å². The molecule has 5 heteroatoms. The van der Waals surface area contributed by atoms with Crippen molar-refractivity contribution < 1.29 is 5.11 Å². The number of aliphatic hydroxyl groups excluding tert-OH is 1. The summed E-state index contributed by atoms with van der Waals surface area (Å²) in [6.07, 6.45) is 1.15. The van der Waals surface area contributed by atoms with Gasteiger partial charge in [0.25, 0.3) is 0 Å². The first-order valence-corrected chi connectivity index (χ1v) is 7.44. The fourth-order valence-corrected chi connectivity index (χ4v) is 2.61. The predicted molar refractivity (Wildman–Crippen MR) is 77.8 cm³/mol. The number of hydrogen-bond donors (Lipinski definition) is 2. The highest BCUT2D eigenvalue weighted by Gasteiger charge is 2.17. The van der Waals surface area contributed by atoms with Crippen LogP contribution in [0.15, 0.2) is 4.47 Å². The molecule has 0 radical (unpaired) electrons. The molecule has 0 aromatic carbocycles. The lowest BCUT2D eigenvalue weighted by Gasteiger charge is -2.15. The van der Waals surface area contributed by atoms with Crippen molar-refractivity contribution in [1.82, 2.24) is 15.1 Å². The van der Waals surface area contributed by atoms with Gasteiger partial charge in [0.15, 0.2) is 0 Å². The van der Waals surface area contributed by atoms with Crippen LogP contribution in [-0.2, 0) is 19.4 Å². The minimum absolute atomic E-state index is 0.379. The Hall–Kier alpha value is -0.390. The van der Waals surface area contributed by atoms with Crippen molar-refractivity contribution in [2.45, 2.75) is 59.2 Å². The zero-order chi connectivity index (χ0) is 13.7. The Labute approximate surface area is 118 Å². The molecule has 0 bridgehead atoms. The quantitative estimate of drug-likeness (QED) is 0.810. The van der Waals surface area contributed by atoms with Gasteiger partial charge in [0.1, 0.15) is 0 Å². The van der Waals surface area contributed by atoms with Gasteiger partial charge in [-0.3, -0.25) is 4.68 Å². The largest absolute Gasteiger partial charge is 0.391 e. The maximum atomic E-state index is 10.1. The molecule has 1 heterocycles. The maximum Gasteiger partial charge on any atom is 0.0766 e. The molecule has 1 aromatic heterocycles. The van der Waals surface area contributed by atoms with E-state index in [1.165, 1.54) is 0 Å². The molecule has 1 unspecified atom stereocenters. The molecule has 1 rings (SSSR count). The van der Waals surface area contributed by atoms with E-state index in [9.17, 15) is 5.11 Å². The highest BCUT2D eigenvalue weighted by atomic mass is 79.9. The van der Waals surface area contributed by atoms with Crippen molar-refractivity contribution in [3.05, 3.63) is 15.9 Å². The smallest absolute Gasteiger partial charge is 0.0766 e. The van der Waals surface area contributed by atoms with E-state index in [0.717, 1.165) is 28.8 Å². The fraction of sp³-hybridized carbons (Fsp3) is 0.769. The van der Waals surface area contributed by atoms with Crippen LogP contribution in [-0.4, -0.2) is 33.6 Å². The summed E-state index contributed by atoms with van der Waals surface area (Å²) < 4.78 is 3.03. The summed E-state index contributed by atoms with van der Waals surface area (Å²) in [6, 6.07) is 0.394. The molecule has 0 saturated heterocycles. The van der Waals surface area contributed by atoms with Gasteiger partial charge < -0.3 is 10.4 Å². The fourth-order valence-electron chi connectivity index (χ4n) is 1.88. The van der Waals surface area contributed by atoms with Gasteiger partial charge in [-0.1, -0.05) is 20.8 Å². The van der Waals surface area contributed by atoms with Gasteiger partial charge in [-0.15, -0.1) is 0 Å². The SMILES string of the molecule is CCc1nn(CC)c(CC(O)CNC(C)C)c1Br. The van der Waals surface area contributed by atoms with Crippen LogP contribution in [0.4, 0.5) is 0 Å². The summed E-state index contributed by atoms with van der Waals surface area (Å²) in [5.41, 5.74) is 2.16. The van der Waals surface area contributed by atoms with Gasteiger partial charge in [0.2, 0.25) is 0 Å². The van der Waals surface area contributed by atoms with Crippen molar-refractivity contribution in [1.29, 1.82) is 0 Å². The van der Waals surface area contributed by atoms with Crippen molar-refractivity contribution in [3.8, 4) is 0 Å². The minimum Gasteiger partial charge on any atom is -0.391 e. The molecule has 1 atom stereocenters. The molecule has 0 aliphatic rings. The Balaban J connectivity index is 2.73. The van der Waals surface area contributed by atoms with Crippen molar-refractivity contribution in [3.63, 3.8) is 0 Å². The third-order valence-electron chi connectivity index (χ3n) is 2.88. The number of aromatic nitrogens is 2. The van der Waals surface area contributed by atoms with E-state index < -0.39 is 0 Å². The van der Waals surface area contributed by atoms with Crippen LogP contribution in [0.1, 0.15) is 39.1 Å². The van der Waals surface area contributed by atoms with Crippen molar-refractivity contribution in [2.24, 2.45) is 0 Å². The monoisotopic (exact) mass is 317 g/mol. The lowest BCUT2D eigenvalue weighted by Crippen LogP contribution is -2.33. The molecule has 0 amide bonds. The van der Waals surface area contributed by atoms with E-state index in [0.29, 0.717) is 19.0 Å². The first-order chi connectivity index (χ1) is 8.49. The maximum absolute atomic E-state index is 10.1. The Bertz CT molecular complexity index is 377. The van der Waals surface area contributed by atoms with E-state index in [4.69, 9.17) is 0 Å². The molecule has 18 heavy (non-hydrogen) atoms. The van der Waals surface area contributed by atoms with Gasteiger partial charge in [-0.2, -0.15) is 5.10 Å². The predicted octanol–water partition coefficient (Wildman–Crippen LogP) is 2.13. The van der Waals surface area contributed by atoms with E-state index in [-0.39, 0.29) is 6.10 Å². The molecule has 4 nitrogen and oxygen atoms in total. The number of rotatable bonds is 7.